The summed E-state index contributed by atoms with van der Waals surface area (Å²) in [6.45, 7) is 56.6. The lowest BCUT2D eigenvalue weighted by atomic mass is 9.33. The van der Waals surface area contributed by atoms with Gasteiger partial charge in [0.05, 0.1) is 44.4 Å². The molecule has 0 fully saturated rings. The summed E-state index contributed by atoms with van der Waals surface area (Å²) in [6.07, 6.45) is -5.85. The van der Waals surface area contributed by atoms with Crippen molar-refractivity contribution in [1.29, 1.82) is 0 Å². The number of nitrogens with zero attached hydrogens (tertiary/aromatic N) is 4. The number of benzene rings is 11. The molecule has 0 bridgehead atoms. The van der Waals surface area contributed by atoms with Crippen molar-refractivity contribution in [2.45, 2.75) is 239 Å². The van der Waals surface area contributed by atoms with Crippen LogP contribution in [0.3, 0.4) is 0 Å². The van der Waals surface area contributed by atoms with E-state index in [9.17, 15) is 19.2 Å². The maximum atomic E-state index is 10.9. The molecule has 2 aliphatic heterocycles. The Bertz CT molecular complexity index is 6200. The van der Waals surface area contributed by atoms with Gasteiger partial charge in [0.2, 0.25) is 0 Å². The Kier molecular flexibility index (Phi) is 14.4. The molecule has 13 aromatic rings. The first-order valence-electron chi connectivity index (χ1n) is 46.6. The highest BCUT2D eigenvalue weighted by Crippen LogP contribution is 2.53. The summed E-state index contributed by atoms with van der Waals surface area (Å²) in [6, 6.07) is 52.4. The zero-order valence-corrected chi connectivity index (χ0v) is 70.4. The highest BCUT2D eigenvalue weighted by atomic mass is 15.2. The predicted octanol–water partition coefficient (Wildman–Crippen LogP) is 27.8. The summed E-state index contributed by atoms with van der Waals surface area (Å²) in [5.41, 5.74) is 16.4. The zero-order valence-electron chi connectivity index (χ0n) is 84.4. The molecule has 0 spiro atoms. The average Bonchev–Trinajstić information content (AvgIpc) is 0.729. The largest absolute Gasteiger partial charge is 0.311 e. The molecule has 110 heavy (non-hydrogen) atoms. The standard InChI is InChI=1S/C105H121BN4/c1-97(2,3)62-65-36-44-90-82(48-65)78-32-28-30-34-86(78)107(90)76-40-42-84-92(60-76)109(88-46-38-70(100(10,11)12)58-80(88)68-52-72(102(16,17)18)56-73(53-68)103(19,20)21)94-50-67(64-99(7,8)9)51-95-96(94)106(84)85-43-41-77(108-87-35-31-29-33-79(87)83-49-66(37-45-91(83)108)63-98(4,5)6)61-93(85)110(95)89-47-39-71(101(13,14)15)59-81(89)69-54-74(104(22,23)24)57-75(55-69)105(25,26)27/h28-61H,62-64H2,1-27H3/i28D,29D,30D,31D,32D,33D,34D,35D,62D2,63D2,64D2. The Labute approximate surface area is 680 Å². The summed E-state index contributed by atoms with van der Waals surface area (Å²) < 4.78 is 141. The fraction of sp³-hybridized carbons (Fsp3) is 0.371. The van der Waals surface area contributed by atoms with Crippen molar-refractivity contribution >= 4 is 101 Å². The smallest absolute Gasteiger partial charge is 0.252 e. The molecule has 2 aromatic heterocycles. The maximum absolute atomic E-state index is 10.9. The van der Waals surface area contributed by atoms with Gasteiger partial charge in [-0.3, -0.25) is 0 Å². The van der Waals surface area contributed by atoms with E-state index >= 15 is 0 Å². The van der Waals surface area contributed by atoms with Gasteiger partial charge in [-0.05, 0) is 242 Å². The molecule has 564 valence electrons. The van der Waals surface area contributed by atoms with Crippen molar-refractivity contribution in [3.63, 3.8) is 0 Å². The summed E-state index contributed by atoms with van der Waals surface area (Å²) in [5.74, 6) is 0. The van der Waals surface area contributed by atoms with Crippen LogP contribution < -0.4 is 26.2 Å². The van der Waals surface area contributed by atoms with Gasteiger partial charge in [-0.2, -0.15) is 0 Å². The number of anilines is 6. The molecule has 4 heterocycles. The number of hydrogen-bond acceptors (Lipinski definition) is 2. The van der Waals surface area contributed by atoms with Crippen LogP contribution in [-0.2, 0) is 51.6 Å². The third kappa shape index (κ3) is 14.2. The van der Waals surface area contributed by atoms with Crippen LogP contribution in [0.1, 0.15) is 256 Å². The van der Waals surface area contributed by atoms with Gasteiger partial charge in [-0.1, -0.05) is 296 Å². The molecular formula is C105H121BN4. The van der Waals surface area contributed by atoms with E-state index in [0.29, 0.717) is 72.6 Å². The normalized spacial score (nSPS) is 16.2. The van der Waals surface area contributed by atoms with Gasteiger partial charge in [-0.25, -0.2) is 0 Å². The molecule has 11 aromatic carbocycles. The first-order chi connectivity index (χ1) is 56.8. The van der Waals surface area contributed by atoms with Gasteiger partial charge in [0.15, 0.2) is 0 Å². The molecule has 5 heteroatoms. The first-order valence-corrected chi connectivity index (χ1v) is 39.6. The summed E-state index contributed by atoms with van der Waals surface area (Å²) in [4.78, 5) is 4.67. The Morgan fingerprint density at radius 2 is 0.618 bits per heavy atom. The van der Waals surface area contributed by atoms with E-state index in [4.69, 9.17) is 0 Å². The number of hydrogen-bond donors (Lipinski definition) is 0. The fourth-order valence-electron chi connectivity index (χ4n) is 16.4. The Hall–Kier alpha value is -9.32. The van der Waals surface area contributed by atoms with Crippen LogP contribution in [0.2, 0.25) is 0 Å². The van der Waals surface area contributed by atoms with E-state index in [2.05, 4.69) is 244 Å². The van der Waals surface area contributed by atoms with Crippen LogP contribution in [0.5, 0.6) is 0 Å². The van der Waals surface area contributed by atoms with Gasteiger partial charge < -0.3 is 18.9 Å². The van der Waals surface area contributed by atoms with Crippen LogP contribution in [-0.4, -0.2) is 15.8 Å². The van der Waals surface area contributed by atoms with Crippen molar-refractivity contribution < 1.29 is 19.2 Å². The average molecular weight is 1460 g/mol. The van der Waals surface area contributed by atoms with Crippen molar-refractivity contribution in [2.24, 2.45) is 16.2 Å². The third-order valence-corrected chi connectivity index (χ3v) is 22.1. The molecule has 0 saturated carbocycles. The van der Waals surface area contributed by atoms with E-state index in [1.807, 2.05) is 95.7 Å². The molecule has 0 atom stereocenters. The first kappa shape index (κ1) is 60.4. The van der Waals surface area contributed by atoms with Crippen LogP contribution in [0, 0.1) is 16.2 Å². The minimum absolute atomic E-state index is 0.213. The molecule has 0 aliphatic carbocycles. The minimum Gasteiger partial charge on any atom is -0.311 e. The lowest BCUT2D eigenvalue weighted by Crippen LogP contribution is -2.61. The number of fused-ring (bicyclic) bond motifs is 10. The van der Waals surface area contributed by atoms with E-state index in [-0.39, 0.29) is 78.5 Å². The summed E-state index contributed by atoms with van der Waals surface area (Å²) in [5, 5.41) is 1.40. The molecule has 0 N–H and O–H groups in total. The Morgan fingerprint density at radius 1 is 0.282 bits per heavy atom. The molecule has 4 nitrogen and oxygen atoms in total. The SMILES string of the molecule is [2H]c1c([2H])c([2H])c2c(c1[2H])c1cc(C([2H])([2H])C(C)(C)C)ccc1n2-c1ccc2c(c1)N(c1ccc(C(C)(C)C)cc1-c1cc(C(C)(C)C)cc(C(C)(C)C)c1)c1cc(C([2H])([2H])C(C)(C)C)cc3c1B2c1ccc(-n2c4ccc(C([2H])([2H])C(C)(C)C)cc4c4c([2H])c([2H])c([2H])c([2H])c42)cc1N3c1ccc(C(C)(C)C)cc1-c1cc(C(C)(C)C)cc(C(C)(C)C)c1. The van der Waals surface area contributed by atoms with E-state index in [1.54, 1.807) is 24.3 Å². The highest BCUT2D eigenvalue weighted by Gasteiger charge is 2.46. The summed E-state index contributed by atoms with van der Waals surface area (Å²) >= 11 is 0. The Balaban J connectivity index is 1.17. The maximum Gasteiger partial charge on any atom is 0.252 e. The predicted molar refractivity (Wildman–Crippen MR) is 482 cm³/mol. The number of aromatic nitrogens is 2. The van der Waals surface area contributed by atoms with Crippen LogP contribution in [0.15, 0.2) is 206 Å². The second-order valence-corrected chi connectivity index (χ2v) is 40.8. The van der Waals surface area contributed by atoms with Gasteiger partial charge in [0.1, 0.15) is 0 Å². The van der Waals surface area contributed by atoms with Crippen molar-refractivity contribution in [3.8, 4) is 33.6 Å². The van der Waals surface area contributed by atoms with Crippen LogP contribution in [0.4, 0.5) is 34.1 Å². The fourth-order valence-corrected chi connectivity index (χ4v) is 16.4. The summed E-state index contributed by atoms with van der Waals surface area (Å²) in [7, 11) is 0. The molecule has 0 unspecified atom stereocenters. The molecule has 0 saturated heterocycles. The lowest BCUT2D eigenvalue weighted by molar-refractivity contribution is 0.411. The molecule has 2 aliphatic rings. The monoisotopic (exact) mass is 1460 g/mol. The van der Waals surface area contributed by atoms with Gasteiger partial charge >= 0.3 is 0 Å². The molecular weight excluding hydrogens is 1330 g/mol. The topological polar surface area (TPSA) is 16.3 Å². The molecule has 0 amide bonds. The van der Waals surface area contributed by atoms with Gasteiger partial charge in [0.25, 0.3) is 6.71 Å². The second-order valence-electron chi connectivity index (χ2n) is 40.8. The zero-order chi connectivity index (χ0) is 91.4. The highest BCUT2D eigenvalue weighted by molar-refractivity contribution is 7.00. The van der Waals surface area contributed by atoms with Gasteiger partial charge in [0, 0.05) is 75.0 Å². The van der Waals surface area contributed by atoms with E-state index in [0.717, 1.165) is 83.4 Å². The Morgan fingerprint density at radius 3 is 0.955 bits per heavy atom. The molecule has 0 radical (unpaired) electrons. The second kappa shape index (κ2) is 26.1. The van der Waals surface area contributed by atoms with Gasteiger partial charge in [-0.15, -0.1) is 0 Å². The number of para-hydroxylation sites is 2. The van der Waals surface area contributed by atoms with Crippen molar-refractivity contribution in [3.05, 3.63) is 256 Å². The van der Waals surface area contributed by atoms with Crippen LogP contribution in [0.25, 0.3) is 77.2 Å². The van der Waals surface area contributed by atoms with Crippen LogP contribution >= 0.6 is 0 Å². The van der Waals surface area contributed by atoms with Crippen molar-refractivity contribution in [1.82, 2.24) is 9.13 Å². The van der Waals surface area contributed by atoms with E-state index < -0.39 is 66.2 Å². The lowest BCUT2D eigenvalue weighted by Gasteiger charge is -2.45. The molecule has 15 rings (SSSR count). The quantitative estimate of drug-likeness (QED) is 0.134. The third-order valence-electron chi connectivity index (χ3n) is 22.1. The number of rotatable bonds is 9. The van der Waals surface area contributed by atoms with E-state index in [1.165, 1.54) is 0 Å². The minimum atomic E-state index is -2.08. The van der Waals surface area contributed by atoms with Crippen molar-refractivity contribution in [2.75, 3.05) is 9.80 Å².